The number of hydrogen-bond acceptors (Lipinski definition) is 5. The van der Waals surface area contributed by atoms with Crippen molar-refractivity contribution in [3.05, 3.63) is 23.8 Å². The maximum Gasteiger partial charge on any atom is 0.181 e. The monoisotopic (exact) mass is 331 g/mol. The lowest BCUT2D eigenvalue weighted by molar-refractivity contribution is 0.473. The number of rotatable bonds is 3. The molecule has 7 heteroatoms. The van der Waals surface area contributed by atoms with Gasteiger partial charge in [-0.3, -0.25) is 0 Å². The zero-order valence-corrected chi connectivity index (χ0v) is 13.9. The van der Waals surface area contributed by atoms with Crippen LogP contribution in [0.3, 0.4) is 0 Å². The molecule has 1 aromatic carbocycles. The van der Waals surface area contributed by atoms with Gasteiger partial charge in [-0.1, -0.05) is 12.5 Å². The molecule has 1 aromatic rings. The van der Waals surface area contributed by atoms with Crippen molar-refractivity contribution < 1.29 is 16.8 Å². The Kier molecular flexibility index (Phi) is 4.35. The zero-order valence-electron chi connectivity index (χ0n) is 12.2. The van der Waals surface area contributed by atoms with Crippen molar-refractivity contribution in [2.75, 3.05) is 12.0 Å². The fourth-order valence-corrected chi connectivity index (χ4v) is 6.33. The first kappa shape index (κ1) is 16.3. The minimum atomic E-state index is -3.55. The van der Waals surface area contributed by atoms with Gasteiger partial charge in [-0.15, -0.1) is 0 Å². The zero-order chi connectivity index (χ0) is 15.8. The van der Waals surface area contributed by atoms with E-state index in [1.165, 1.54) is 6.26 Å². The molecule has 1 fully saturated rings. The Morgan fingerprint density at radius 3 is 2.33 bits per heavy atom. The fourth-order valence-electron chi connectivity index (χ4n) is 2.89. The van der Waals surface area contributed by atoms with E-state index < -0.39 is 30.2 Å². The number of nitrogen functional groups attached to an aromatic ring is 1. The van der Waals surface area contributed by atoms with Crippen LogP contribution in [0.25, 0.3) is 0 Å². The molecule has 0 aliphatic heterocycles. The van der Waals surface area contributed by atoms with Crippen LogP contribution in [0, 0.1) is 6.92 Å². The van der Waals surface area contributed by atoms with Crippen molar-refractivity contribution in [1.82, 2.24) is 0 Å². The van der Waals surface area contributed by atoms with E-state index in [1.54, 1.807) is 25.1 Å². The summed E-state index contributed by atoms with van der Waals surface area (Å²) in [5.41, 5.74) is 6.76. The molecule has 0 spiro atoms. The predicted octanol–water partition coefficient (Wildman–Crippen LogP) is 1.71. The lowest BCUT2D eigenvalue weighted by Gasteiger charge is -2.28. The Morgan fingerprint density at radius 1 is 1.10 bits per heavy atom. The Balaban J connectivity index is 2.38. The number of nitrogens with two attached hydrogens (primary N) is 1. The first-order valence-electron chi connectivity index (χ1n) is 6.92. The molecule has 0 aromatic heterocycles. The first-order chi connectivity index (χ1) is 9.64. The maximum atomic E-state index is 12.8. The highest BCUT2D eigenvalue weighted by molar-refractivity contribution is 7.92. The lowest BCUT2D eigenvalue weighted by atomic mass is 10.00. The number of sulfone groups is 2. The van der Waals surface area contributed by atoms with Gasteiger partial charge in [0.05, 0.1) is 15.4 Å². The molecule has 0 amide bonds. The summed E-state index contributed by atoms with van der Waals surface area (Å²) in [6, 6.07) is 4.83. The van der Waals surface area contributed by atoms with Crippen LogP contribution in [-0.2, 0) is 19.7 Å². The second kappa shape index (κ2) is 5.61. The molecule has 21 heavy (non-hydrogen) atoms. The van der Waals surface area contributed by atoms with Gasteiger partial charge in [-0.05, 0) is 43.9 Å². The molecule has 1 aliphatic rings. The largest absolute Gasteiger partial charge is 0.398 e. The van der Waals surface area contributed by atoms with E-state index in [2.05, 4.69) is 0 Å². The summed E-state index contributed by atoms with van der Waals surface area (Å²) in [4.78, 5) is 0.224. The van der Waals surface area contributed by atoms with Gasteiger partial charge in [0.1, 0.15) is 9.84 Å². The summed E-state index contributed by atoms with van der Waals surface area (Å²) in [5.74, 6) is 0. The van der Waals surface area contributed by atoms with Crippen molar-refractivity contribution in [2.24, 2.45) is 0 Å². The van der Waals surface area contributed by atoms with Gasteiger partial charge in [-0.2, -0.15) is 0 Å². The molecule has 2 atom stereocenters. The van der Waals surface area contributed by atoms with E-state index in [9.17, 15) is 16.8 Å². The SMILES string of the molecule is Cc1c(N)cccc1S(=O)(=O)C1CCCC(S(C)(=O)=O)C1. The summed E-state index contributed by atoms with van der Waals surface area (Å²) >= 11 is 0. The predicted molar refractivity (Wildman–Crippen MR) is 83.7 cm³/mol. The molecule has 0 radical (unpaired) electrons. The lowest BCUT2D eigenvalue weighted by Crippen LogP contribution is -2.35. The summed E-state index contributed by atoms with van der Waals surface area (Å²) in [6.45, 7) is 1.68. The number of hydrogen-bond donors (Lipinski definition) is 1. The maximum absolute atomic E-state index is 12.8. The van der Waals surface area contributed by atoms with Gasteiger partial charge in [0.15, 0.2) is 9.84 Å². The Labute approximate surface area is 126 Å². The topological polar surface area (TPSA) is 94.3 Å². The summed E-state index contributed by atoms with van der Waals surface area (Å²) in [7, 11) is -6.76. The van der Waals surface area contributed by atoms with Crippen molar-refractivity contribution in [2.45, 2.75) is 48.0 Å². The Bertz CT molecular complexity index is 738. The van der Waals surface area contributed by atoms with Crippen molar-refractivity contribution >= 4 is 25.4 Å². The van der Waals surface area contributed by atoms with Crippen LogP contribution in [0.4, 0.5) is 5.69 Å². The average Bonchev–Trinajstić information content (AvgIpc) is 2.41. The van der Waals surface area contributed by atoms with Crippen molar-refractivity contribution in [3.8, 4) is 0 Å². The van der Waals surface area contributed by atoms with E-state index >= 15 is 0 Å². The van der Waals surface area contributed by atoms with Gasteiger partial charge < -0.3 is 5.73 Å². The van der Waals surface area contributed by atoms with Gasteiger partial charge in [-0.25, -0.2) is 16.8 Å². The van der Waals surface area contributed by atoms with Crippen LogP contribution in [-0.4, -0.2) is 33.6 Å². The molecule has 2 N–H and O–H groups in total. The molecule has 1 aliphatic carbocycles. The molecule has 0 bridgehead atoms. The third kappa shape index (κ3) is 3.23. The minimum absolute atomic E-state index is 0.176. The molecule has 1 saturated carbocycles. The van der Waals surface area contributed by atoms with E-state index in [0.29, 0.717) is 30.5 Å². The van der Waals surface area contributed by atoms with Crippen LogP contribution in [0.2, 0.25) is 0 Å². The standard InChI is InChI=1S/C14H21NO4S2/c1-10-13(15)7-4-8-14(10)21(18,19)12-6-3-5-11(9-12)20(2,16)17/h4,7-8,11-12H,3,5-6,9,15H2,1-2H3. The van der Waals surface area contributed by atoms with Gasteiger partial charge >= 0.3 is 0 Å². The smallest absolute Gasteiger partial charge is 0.181 e. The molecule has 2 unspecified atom stereocenters. The summed E-state index contributed by atoms with van der Waals surface area (Å²) in [5, 5.41) is -1.21. The quantitative estimate of drug-likeness (QED) is 0.851. The van der Waals surface area contributed by atoms with Gasteiger partial charge in [0.2, 0.25) is 0 Å². The number of benzene rings is 1. The van der Waals surface area contributed by atoms with Gasteiger partial charge in [0, 0.05) is 11.9 Å². The van der Waals surface area contributed by atoms with Crippen LogP contribution in [0.1, 0.15) is 31.2 Å². The first-order valence-corrected chi connectivity index (χ1v) is 10.4. The molecular formula is C14H21NO4S2. The van der Waals surface area contributed by atoms with Crippen LogP contribution >= 0.6 is 0 Å². The molecule has 2 rings (SSSR count). The average molecular weight is 331 g/mol. The number of anilines is 1. The van der Waals surface area contributed by atoms with Crippen LogP contribution < -0.4 is 5.73 Å². The van der Waals surface area contributed by atoms with E-state index in [1.807, 2.05) is 0 Å². The molecular weight excluding hydrogens is 310 g/mol. The van der Waals surface area contributed by atoms with Gasteiger partial charge in [0.25, 0.3) is 0 Å². The normalized spacial score (nSPS) is 23.9. The Morgan fingerprint density at radius 2 is 1.71 bits per heavy atom. The minimum Gasteiger partial charge on any atom is -0.398 e. The molecule has 0 saturated heterocycles. The Hall–Kier alpha value is -1.08. The second-order valence-electron chi connectivity index (χ2n) is 5.76. The van der Waals surface area contributed by atoms with E-state index in [-0.39, 0.29) is 11.3 Å². The highest BCUT2D eigenvalue weighted by Crippen LogP contribution is 2.33. The highest BCUT2D eigenvalue weighted by atomic mass is 32.2. The fraction of sp³-hybridized carbons (Fsp3) is 0.571. The van der Waals surface area contributed by atoms with Crippen molar-refractivity contribution in [3.63, 3.8) is 0 Å². The van der Waals surface area contributed by atoms with Crippen LogP contribution in [0.15, 0.2) is 23.1 Å². The molecule has 5 nitrogen and oxygen atoms in total. The molecule has 0 heterocycles. The highest BCUT2D eigenvalue weighted by Gasteiger charge is 2.37. The third-order valence-corrected chi connectivity index (χ3v) is 8.26. The third-order valence-electron chi connectivity index (χ3n) is 4.25. The van der Waals surface area contributed by atoms with E-state index in [4.69, 9.17) is 5.73 Å². The van der Waals surface area contributed by atoms with E-state index in [0.717, 1.165) is 0 Å². The molecule has 118 valence electrons. The van der Waals surface area contributed by atoms with Crippen molar-refractivity contribution in [1.29, 1.82) is 0 Å². The summed E-state index contributed by atoms with van der Waals surface area (Å²) < 4.78 is 49.0. The van der Waals surface area contributed by atoms with Crippen LogP contribution in [0.5, 0.6) is 0 Å². The summed E-state index contributed by atoms with van der Waals surface area (Å²) in [6.07, 6.45) is 3.01. The second-order valence-corrected chi connectivity index (χ2v) is 10.3.